The number of carbonyl (C=O) groups is 1. The van der Waals surface area contributed by atoms with Crippen molar-refractivity contribution in [2.75, 3.05) is 31.1 Å². The van der Waals surface area contributed by atoms with Gasteiger partial charge in [0.15, 0.2) is 0 Å². The van der Waals surface area contributed by atoms with Crippen LogP contribution in [0.15, 0.2) is 36.5 Å². The summed E-state index contributed by atoms with van der Waals surface area (Å²) in [6.45, 7) is 9.28. The van der Waals surface area contributed by atoms with Crippen LogP contribution in [0.5, 0.6) is 0 Å². The molecule has 3 heterocycles. The molecular weight excluding hydrogens is 440 g/mol. The molecule has 1 aliphatic heterocycles. The molecular formula is C27H37N6O2+. The van der Waals surface area contributed by atoms with Gasteiger partial charge in [0.25, 0.3) is 0 Å². The highest BCUT2D eigenvalue weighted by Crippen LogP contribution is 2.33. The van der Waals surface area contributed by atoms with Gasteiger partial charge in [0.05, 0.1) is 42.6 Å². The molecule has 35 heavy (non-hydrogen) atoms. The quantitative estimate of drug-likeness (QED) is 0.547. The minimum absolute atomic E-state index is 0.0910. The smallest absolute Gasteiger partial charge is 0.435 e. The molecule has 1 saturated heterocycles. The number of imidazole rings is 1. The normalized spacial score (nSPS) is 20.1. The molecule has 1 fully saturated rings. The maximum absolute atomic E-state index is 12.2. The minimum Gasteiger partial charge on any atom is -0.435 e. The van der Waals surface area contributed by atoms with Crippen LogP contribution in [0.2, 0.25) is 0 Å². The number of benzene rings is 1. The summed E-state index contributed by atoms with van der Waals surface area (Å²) in [6.07, 6.45) is 4.51. The molecule has 3 aromatic rings. The Bertz CT molecular complexity index is 1240. The maximum atomic E-state index is 12.2. The number of amides is 1. The first-order valence-corrected chi connectivity index (χ1v) is 12.7. The molecule has 2 N–H and O–H groups in total. The van der Waals surface area contributed by atoms with Crippen molar-refractivity contribution < 1.29 is 14.4 Å². The minimum atomic E-state index is -0.736. The van der Waals surface area contributed by atoms with E-state index in [2.05, 4.69) is 51.1 Å². The predicted octanol–water partition coefficient (Wildman–Crippen LogP) is 4.25. The van der Waals surface area contributed by atoms with Crippen molar-refractivity contribution in [2.45, 2.75) is 58.2 Å². The summed E-state index contributed by atoms with van der Waals surface area (Å²) in [4.78, 5) is 24.3. The number of aromatic nitrogens is 3. The third-order valence-corrected chi connectivity index (χ3v) is 8.18. The molecule has 0 bridgehead atoms. The van der Waals surface area contributed by atoms with Crippen LogP contribution in [0.25, 0.3) is 11.0 Å². The predicted molar refractivity (Wildman–Crippen MR) is 137 cm³/mol. The second kappa shape index (κ2) is 8.91. The molecule has 0 spiro atoms. The van der Waals surface area contributed by atoms with Crippen LogP contribution in [-0.2, 0) is 20.0 Å². The zero-order valence-corrected chi connectivity index (χ0v) is 21.3. The second-order valence-electron chi connectivity index (χ2n) is 11.0. The zero-order chi connectivity index (χ0) is 24.8. The van der Waals surface area contributed by atoms with Crippen LogP contribution in [0.1, 0.15) is 56.7 Å². The number of piperazine rings is 1. The van der Waals surface area contributed by atoms with E-state index in [1.807, 2.05) is 33.0 Å². The van der Waals surface area contributed by atoms with Crippen molar-refractivity contribution in [3.8, 4) is 0 Å². The Kier molecular flexibility index (Phi) is 6.05. The van der Waals surface area contributed by atoms with E-state index in [1.54, 1.807) is 0 Å². The summed E-state index contributed by atoms with van der Waals surface area (Å²) in [5.74, 6) is 0.998. The van der Waals surface area contributed by atoms with Crippen molar-refractivity contribution in [3.63, 3.8) is 0 Å². The third kappa shape index (κ3) is 4.08. The molecule has 2 aromatic heterocycles. The SMILES string of the molecule is Cn1c(CNC2CCCc3cccnc32)nc2c(N3CC[N+](C(=O)O)(C(C)(C)C)CC3)cccc21. The van der Waals surface area contributed by atoms with Crippen molar-refractivity contribution in [1.82, 2.24) is 19.9 Å². The summed E-state index contributed by atoms with van der Waals surface area (Å²) in [7, 11) is 2.07. The topological polar surface area (TPSA) is 83.3 Å². The van der Waals surface area contributed by atoms with E-state index >= 15 is 0 Å². The van der Waals surface area contributed by atoms with E-state index in [4.69, 9.17) is 4.98 Å². The van der Waals surface area contributed by atoms with Gasteiger partial charge >= 0.3 is 6.09 Å². The molecule has 0 radical (unpaired) electrons. The van der Waals surface area contributed by atoms with E-state index in [-0.39, 0.29) is 16.1 Å². The molecule has 0 saturated carbocycles. The number of aryl methyl sites for hydroxylation is 2. The fourth-order valence-electron chi connectivity index (χ4n) is 5.88. The van der Waals surface area contributed by atoms with Crippen LogP contribution in [0.3, 0.4) is 0 Å². The summed E-state index contributed by atoms with van der Waals surface area (Å²) < 4.78 is 2.26. The number of pyridine rings is 1. The van der Waals surface area contributed by atoms with Gasteiger partial charge in [-0.3, -0.25) is 4.98 Å². The molecule has 186 valence electrons. The molecule has 1 aliphatic carbocycles. The van der Waals surface area contributed by atoms with Gasteiger partial charge in [-0.25, -0.2) is 9.47 Å². The Hall–Kier alpha value is -2.97. The summed E-state index contributed by atoms with van der Waals surface area (Å²) in [5.41, 5.74) is 5.35. The van der Waals surface area contributed by atoms with Crippen molar-refractivity contribution in [3.05, 3.63) is 53.6 Å². The highest BCUT2D eigenvalue weighted by atomic mass is 16.4. The lowest BCUT2D eigenvalue weighted by Gasteiger charge is -2.48. The number of anilines is 1. The number of nitrogens with zero attached hydrogens (tertiary/aromatic N) is 5. The third-order valence-electron chi connectivity index (χ3n) is 8.18. The molecule has 2 aliphatic rings. The average Bonchev–Trinajstić information content (AvgIpc) is 3.17. The van der Waals surface area contributed by atoms with Crippen molar-refractivity contribution in [1.29, 1.82) is 0 Å². The van der Waals surface area contributed by atoms with Crippen molar-refractivity contribution in [2.24, 2.45) is 7.05 Å². The molecule has 1 atom stereocenters. The molecule has 8 heteroatoms. The Morgan fingerprint density at radius 2 is 1.97 bits per heavy atom. The zero-order valence-electron chi connectivity index (χ0n) is 21.3. The second-order valence-corrected chi connectivity index (χ2v) is 11.0. The Labute approximate surface area is 207 Å². The largest absolute Gasteiger partial charge is 0.514 e. The number of nitrogens with one attached hydrogen (secondary N) is 1. The number of hydrogen-bond acceptors (Lipinski definition) is 5. The Balaban J connectivity index is 1.37. The van der Waals surface area contributed by atoms with E-state index in [0.29, 0.717) is 32.7 Å². The maximum Gasteiger partial charge on any atom is 0.514 e. The molecule has 1 amide bonds. The summed E-state index contributed by atoms with van der Waals surface area (Å²) in [5, 5.41) is 13.8. The summed E-state index contributed by atoms with van der Waals surface area (Å²) in [6, 6.07) is 10.8. The van der Waals surface area contributed by atoms with Gasteiger partial charge in [-0.05, 0) is 63.8 Å². The van der Waals surface area contributed by atoms with Gasteiger partial charge in [-0.2, -0.15) is 4.79 Å². The standard InChI is InChI=1S/C27H36N6O2/c1-27(2,3)33(26(34)35)16-14-32(15-17-33)22-12-6-11-21-25(22)30-23(31(21)4)18-29-20-10-5-8-19-9-7-13-28-24(19)20/h6-7,9,11-13,20,29H,5,8,10,14-18H2,1-4H3/p+1. The number of rotatable bonds is 4. The number of quaternary nitrogens is 1. The van der Waals surface area contributed by atoms with Gasteiger partial charge < -0.3 is 19.9 Å². The average molecular weight is 478 g/mol. The van der Waals surface area contributed by atoms with Gasteiger partial charge in [-0.15, -0.1) is 0 Å². The van der Waals surface area contributed by atoms with Crippen molar-refractivity contribution >= 4 is 22.8 Å². The molecule has 8 nitrogen and oxygen atoms in total. The Morgan fingerprint density at radius 1 is 1.20 bits per heavy atom. The molecule has 1 unspecified atom stereocenters. The number of carboxylic acid groups (broad SMARTS) is 1. The van der Waals surface area contributed by atoms with Crippen LogP contribution < -0.4 is 10.2 Å². The van der Waals surface area contributed by atoms with E-state index < -0.39 is 6.09 Å². The fraction of sp³-hybridized carbons (Fsp3) is 0.519. The molecule has 5 rings (SSSR count). The van der Waals surface area contributed by atoms with E-state index in [9.17, 15) is 9.90 Å². The van der Waals surface area contributed by atoms with E-state index in [0.717, 1.165) is 35.4 Å². The number of hydrogen-bond donors (Lipinski definition) is 2. The lowest BCUT2D eigenvalue weighted by atomic mass is 9.92. The van der Waals surface area contributed by atoms with Gasteiger partial charge in [-0.1, -0.05) is 12.1 Å². The van der Waals surface area contributed by atoms with Crippen LogP contribution >= 0.6 is 0 Å². The highest BCUT2D eigenvalue weighted by Gasteiger charge is 2.49. The van der Waals surface area contributed by atoms with Crippen LogP contribution in [0.4, 0.5) is 10.5 Å². The van der Waals surface area contributed by atoms with E-state index in [1.165, 1.54) is 17.7 Å². The first kappa shape index (κ1) is 23.8. The van der Waals surface area contributed by atoms with Crippen LogP contribution in [0, 0.1) is 0 Å². The monoisotopic (exact) mass is 477 g/mol. The summed E-state index contributed by atoms with van der Waals surface area (Å²) >= 11 is 0. The Morgan fingerprint density at radius 3 is 2.69 bits per heavy atom. The van der Waals surface area contributed by atoms with Gasteiger partial charge in [0.2, 0.25) is 0 Å². The fourth-order valence-corrected chi connectivity index (χ4v) is 5.88. The number of para-hydroxylation sites is 1. The first-order valence-electron chi connectivity index (χ1n) is 12.7. The van der Waals surface area contributed by atoms with Crippen LogP contribution in [-0.4, -0.2) is 61.9 Å². The highest BCUT2D eigenvalue weighted by molar-refractivity contribution is 5.89. The first-order chi connectivity index (χ1) is 16.7. The lowest BCUT2D eigenvalue weighted by Crippen LogP contribution is -2.69. The van der Waals surface area contributed by atoms with Gasteiger partial charge in [0, 0.05) is 13.2 Å². The number of fused-ring (bicyclic) bond motifs is 2. The van der Waals surface area contributed by atoms with Gasteiger partial charge in [0.1, 0.15) is 30.0 Å². The molecule has 1 aromatic carbocycles. The lowest BCUT2D eigenvalue weighted by molar-refractivity contribution is -0.903.